The van der Waals surface area contributed by atoms with Gasteiger partial charge >= 0.3 is 0 Å². The topological polar surface area (TPSA) is 26.0 Å². The number of hydrogen-bond acceptors (Lipinski definition) is 1. The highest BCUT2D eigenvalue weighted by Gasteiger charge is 2.09. The van der Waals surface area contributed by atoms with Gasteiger partial charge in [0.2, 0.25) is 0 Å². The minimum atomic E-state index is 0.0444. The molecule has 0 aliphatic carbocycles. The molecule has 2 aromatic carbocycles. The first-order valence-corrected chi connectivity index (χ1v) is 6.93. The van der Waals surface area contributed by atoms with Gasteiger partial charge < -0.3 is 5.73 Å². The molecule has 2 N–H and O–H groups in total. The van der Waals surface area contributed by atoms with Gasteiger partial charge in [0.1, 0.15) is 0 Å². The van der Waals surface area contributed by atoms with E-state index in [0.29, 0.717) is 0 Å². The van der Waals surface area contributed by atoms with E-state index in [1.165, 1.54) is 22.3 Å². The molecule has 0 aliphatic rings. The summed E-state index contributed by atoms with van der Waals surface area (Å²) in [6, 6.07) is 14.8. The van der Waals surface area contributed by atoms with Crippen molar-refractivity contribution in [1.82, 2.24) is 0 Å². The van der Waals surface area contributed by atoms with Crippen molar-refractivity contribution in [3.8, 4) is 0 Å². The molecule has 0 spiro atoms. The minimum Gasteiger partial charge on any atom is -0.324 e. The van der Waals surface area contributed by atoms with E-state index >= 15 is 0 Å². The van der Waals surface area contributed by atoms with Gasteiger partial charge in [-0.15, -0.1) is 0 Å². The Labute approximate surface area is 117 Å². The van der Waals surface area contributed by atoms with Gasteiger partial charge in [-0.2, -0.15) is 0 Å². The summed E-state index contributed by atoms with van der Waals surface area (Å²) in [5.74, 6) is 0. The van der Waals surface area contributed by atoms with Crippen molar-refractivity contribution in [3.63, 3.8) is 0 Å². The molecular weight excluding hydrogens is 286 g/mol. The number of hydrogen-bond donors (Lipinski definition) is 1. The summed E-state index contributed by atoms with van der Waals surface area (Å²) in [5.41, 5.74) is 11.4. The Morgan fingerprint density at radius 1 is 1.06 bits per heavy atom. The Kier molecular flexibility index (Phi) is 4.20. The van der Waals surface area contributed by atoms with Crippen LogP contribution in [0.5, 0.6) is 0 Å². The molecule has 0 radical (unpaired) electrons. The second kappa shape index (κ2) is 5.68. The molecule has 0 aromatic heterocycles. The first kappa shape index (κ1) is 13.3. The molecule has 0 bridgehead atoms. The van der Waals surface area contributed by atoms with Gasteiger partial charge in [-0.25, -0.2) is 0 Å². The number of halogens is 1. The van der Waals surface area contributed by atoms with E-state index in [2.05, 4.69) is 60.1 Å². The van der Waals surface area contributed by atoms with Crippen molar-refractivity contribution >= 4 is 15.9 Å². The molecule has 0 heterocycles. The average Bonchev–Trinajstić information content (AvgIpc) is 2.35. The molecule has 0 aliphatic heterocycles. The van der Waals surface area contributed by atoms with E-state index in [1.807, 2.05) is 12.1 Å². The molecule has 0 saturated heterocycles. The maximum atomic E-state index is 6.29. The third-order valence-corrected chi connectivity index (χ3v) is 4.13. The molecule has 1 atom stereocenters. The molecule has 0 amide bonds. The number of nitrogens with two attached hydrogens (primary N) is 1. The zero-order chi connectivity index (χ0) is 13.1. The number of aryl methyl sites for hydroxylation is 2. The van der Waals surface area contributed by atoms with Crippen LogP contribution in [-0.2, 0) is 6.42 Å². The quantitative estimate of drug-likeness (QED) is 0.898. The Morgan fingerprint density at radius 3 is 2.44 bits per heavy atom. The van der Waals surface area contributed by atoms with Crippen molar-refractivity contribution in [2.45, 2.75) is 26.3 Å². The van der Waals surface area contributed by atoms with Gasteiger partial charge in [-0.3, -0.25) is 0 Å². The minimum absolute atomic E-state index is 0.0444. The molecule has 0 fully saturated rings. The van der Waals surface area contributed by atoms with Crippen LogP contribution in [0.1, 0.15) is 28.3 Å². The molecule has 2 rings (SSSR count). The summed E-state index contributed by atoms with van der Waals surface area (Å²) in [7, 11) is 0. The fourth-order valence-corrected chi connectivity index (χ4v) is 2.46. The van der Waals surface area contributed by atoms with Gasteiger partial charge in [0.05, 0.1) is 0 Å². The van der Waals surface area contributed by atoms with Crippen LogP contribution in [0.15, 0.2) is 46.9 Å². The SMILES string of the molecule is Cc1ccc(C(N)Cc2ccccc2Br)cc1C. The molecular formula is C16H18BrN. The van der Waals surface area contributed by atoms with Crippen LogP contribution in [0.2, 0.25) is 0 Å². The largest absolute Gasteiger partial charge is 0.324 e. The van der Waals surface area contributed by atoms with E-state index < -0.39 is 0 Å². The molecule has 1 nitrogen and oxygen atoms in total. The van der Waals surface area contributed by atoms with Crippen molar-refractivity contribution in [2.24, 2.45) is 5.73 Å². The third kappa shape index (κ3) is 3.01. The Morgan fingerprint density at radius 2 is 1.78 bits per heavy atom. The van der Waals surface area contributed by atoms with Gasteiger partial charge in [-0.1, -0.05) is 52.3 Å². The Bertz CT molecular complexity index is 549. The van der Waals surface area contributed by atoms with Crippen LogP contribution in [0.25, 0.3) is 0 Å². The summed E-state index contributed by atoms with van der Waals surface area (Å²) in [6.45, 7) is 4.25. The van der Waals surface area contributed by atoms with Crippen LogP contribution in [0, 0.1) is 13.8 Å². The van der Waals surface area contributed by atoms with Crippen molar-refractivity contribution in [3.05, 3.63) is 69.2 Å². The number of benzene rings is 2. The van der Waals surface area contributed by atoms with Crippen LogP contribution in [0.3, 0.4) is 0 Å². The average molecular weight is 304 g/mol. The van der Waals surface area contributed by atoms with E-state index in [4.69, 9.17) is 5.73 Å². The number of rotatable bonds is 3. The second-order valence-corrected chi connectivity index (χ2v) is 5.60. The van der Waals surface area contributed by atoms with E-state index in [9.17, 15) is 0 Å². The maximum Gasteiger partial charge on any atom is 0.0336 e. The predicted octanol–water partition coefficient (Wildman–Crippen LogP) is 4.31. The maximum absolute atomic E-state index is 6.29. The molecule has 2 heteroatoms. The predicted molar refractivity (Wildman–Crippen MR) is 80.7 cm³/mol. The Balaban J connectivity index is 2.19. The first-order valence-electron chi connectivity index (χ1n) is 6.14. The lowest BCUT2D eigenvalue weighted by Crippen LogP contribution is -2.13. The molecule has 2 aromatic rings. The Hall–Kier alpha value is -1.12. The molecule has 94 valence electrons. The molecule has 0 saturated carbocycles. The van der Waals surface area contributed by atoms with Crippen molar-refractivity contribution in [1.29, 1.82) is 0 Å². The highest BCUT2D eigenvalue weighted by atomic mass is 79.9. The van der Waals surface area contributed by atoms with Crippen LogP contribution in [-0.4, -0.2) is 0 Å². The van der Waals surface area contributed by atoms with E-state index in [1.54, 1.807) is 0 Å². The van der Waals surface area contributed by atoms with Crippen molar-refractivity contribution < 1.29 is 0 Å². The standard InChI is InChI=1S/C16H18BrN/c1-11-7-8-14(9-12(11)2)16(18)10-13-5-3-4-6-15(13)17/h3-9,16H,10,18H2,1-2H3. The van der Waals surface area contributed by atoms with E-state index in [-0.39, 0.29) is 6.04 Å². The smallest absolute Gasteiger partial charge is 0.0336 e. The first-order chi connectivity index (χ1) is 8.58. The zero-order valence-corrected chi connectivity index (χ0v) is 12.4. The van der Waals surface area contributed by atoms with Crippen molar-refractivity contribution in [2.75, 3.05) is 0 Å². The van der Waals surface area contributed by atoms with E-state index in [0.717, 1.165) is 10.9 Å². The van der Waals surface area contributed by atoms with Gasteiger partial charge in [0, 0.05) is 10.5 Å². The van der Waals surface area contributed by atoms with Crippen LogP contribution in [0.4, 0.5) is 0 Å². The lowest BCUT2D eigenvalue weighted by molar-refractivity contribution is 0.719. The zero-order valence-electron chi connectivity index (χ0n) is 10.8. The summed E-state index contributed by atoms with van der Waals surface area (Å²) in [5, 5.41) is 0. The lowest BCUT2D eigenvalue weighted by Gasteiger charge is -2.14. The monoisotopic (exact) mass is 303 g/mol. The van der Waals surface area contributed by atoms with Gasteiger partial charge in [0.25, 0.3) is 0 Å². The summed E-state index contributed by atoms with van der Waals surface area (Å²) < 4.78 is 1.13. The third-order valence-electron chi connectivity index (χ3n) is 3.36. The fourth-order valence-electron chi connectivity index (χ4n) is 2.01. The normalized spacial score (nSPS) is 12.4. The highest BCUT2D eigenvalue weighted by molar-refractivity contribution is 9.10. The summed E-state index contributed by atoms with van der Waals surface area (Å²) in [4.78, 5) is 0. The second-order valence-electron chi connectivity index (χ2n) is 4.75. The van der Waals surface area contributed by atoms with Crippen LogP contribution >= 0.6 is 15.9 Å². The molecule has 18 heavy (non-hydrogen) atoms. The lowest BCUT2D eigenvalue weighted by atomic mass is 9.97. The molecule has 1 unspecified atom stereocenters. The summed E-state index contributed by atoms with van der Waals surface area (Å²) in [6.07, 6.45) is 0.851. The highest BCUT2D eigenvalue weighted by Crippen LogP contribution is 2.23. The van der Waals surface area contributed by atoms with Crippen LogP contribution < -0.4 is 5.73 Å². The van der Waals surface area contributed by atoms with Gasteiger partial charge in [-0.05, 0) is 48.6 Å². The van der Waals surface area contributed by atoms with Gasteiger partial charge in [0.15, 0.2) is 0 Å². The fraction of sp³-hybridized carbons (Fsp3) is 0.250. The summed E-state index contributed by atoms with van der Waals surface area (Å²) >= 11 is 3.57.